The Bertz CT molecular complexity index is 685. The number of aromatic nitrogens is 2. The summed E-state index contributed by atoms with van der Waals surface area (Å²) < 4.78 is 0.414. The predicted octanol–water partition coefficient (Wildman–Crippen LogP) is 2.54. The van der Waals surface area contributed by atoms with Crippen molar-refractivity contribution in [3.05, 3.63) is 21.5 Å². The molecule has 2 aliphatic heterocycles. The van der Waals surface area contributed by atoms with Gasteiger partial charge in [-0.15, -0.1) is 21.5 Å². The van der Waals surface area contributed by atoms with E-state index in [9.17, 15) is 4.79 Å². The number of rotatable bonds is 3. The van der Waals surface area contributed by atoms with E-state index >= 15 is 0 Å². The van der Waals surface area contributed by atoms with Crippen LogP contribution in [0.15, 0.2) is 12.1 Å². The minimum Gasteiger partial charge on any atom is -0.347 e. The first-order chi connectivity index (χ1) is 10.2. The first-order valence-corrected chi connectivity index (χ1v) is 8.86. The molecule has 1 amide bonds. The van der Waals surface area contributed by atoms with Gasteiger partial charge in [-0.05, 0) is 43.0 Å². The molecule has 2 aromatic heterocycles. The highest BCUT2D eigenvalue weighted by atomic mass is 35.5. The molecule has 2 aliphatic rings. The van der Waals surface area contributed by atoms with E-state index in [-0.39, 0.29) is 11.9 Å². The van der Waals surface area contributed by atoms with Crippen molar-refractivity contribution in [1.82, 2.24) is 20.8 Å². The van der Waals surface area contributed by atoms with Crippen LogP contribution in [0.3, 0.4) is 0 Å². The lowest BCUT2D eigenvalue weighted by atomic mass is 9.95. The molecule has 4 rings (SSSR count). The van der Waals surface area contributed by atoms with Gasteiger partial charge in [0, 0.05) is 18.1 Å². The Hall–Kier alpha value is -1.02. The fourth-order valence-electron chi connectivity index (χ4n) is 3.10. The molecule has 0 aromatic carbocycles. The van der Waals surface area contributed by atoms with Crippen LogP contribution in [0.5, 0.6) is 0 Å². The van der Waals surface area contributed by atoms with Gasteiger partial charge in [-0.1, -0.05) is 11.3 Å². The minimum atomic E-state index is 0.00112. The van der Waals surface area contributed by atoms with Crippen LogP contribution in [0.25, 0.3) is 9.88 Å². The van der Waals surface area contributed by atoms with Gasteiger partial charge in [-0.3, -0.25) is 4.79 Å². The average Bonchev–Trinajstić information content (AvgIpc) is 3.22. The van der Waals surface area contributed by atoms with Gasteiger partial charge in [0.15, 0.2) is 5.01 Å². The predicted molar refractivity (Wildman–Crippen MR) is 84.0 cm³/mol. The highest BCUT2D eigenvalue weighted by molar-refractivity contribution is 7.24. The Labute approximate surface area is 134 Å². The van der Waals surface area contributed by atoms with E-state index in [4.69, 9.17) is 11.6 Å². The van der Waals surface area contributed by atoms with Crippen molar-refractivity contribution in [3.63, 3.8) is 0 Å². The topological polar surface area (TPSA) is 66.9 Å². The second kappa shape index (κ2) is 5.31. The Morgan fingerprint density at radius 2 is 2.24 bits per heavy atom. The minimum absolute atomic E-state index is 0.00112. The summed E-state index contributed by atoms with van der Waals surface area (Å²) in [6, 6.07) is 5.03. The lowest BCUT2D eigenvalue weighted by Gasteiger charge is -2.20. The molecule has 0 radical (unpaired) electrons. The van der Waals surface area contributed by atoms with Crippen LogP contribution >= 0.6 is 34.3 Å². The highest BCUT2D eigenvalue weighted by Crippen LogP contribution is 2.32. The fraction of sp³-hybridized carbons (Fsp3) is 0.462. The van der Waals surface area contributed by atoms with E-state index in [0.717, 1.165) is 22.7 Å². The molecule has 0 unspecified atom stereocenters. The molecule has 2 fully saturated rings. The molecule has 5 nitrogen and oxygen atoms in total. The van der Waals surface area contributed by atoms with E-state index in [0.29, 0.717) is 21.4 Å². The SMILES string of the molecule is O=C(N[C@@H]1C[C@H]2CC[C@@H]1N2)c1ccc(-c2nnc(Cl)s2)s1. The lowest BCUT2D eigenvalue weighted by Crippen LogP contribution is -2.42. The summed E-state index contributed by atoms with van der Waals surface area (Å²) in [5.41, 5.74) is 0. The number of hydrogen-bond acceptors (Lipinski definition) is 6. The maximum Gasteiger partial charge on any atom is 0.261 e. The molecule has 2 bridgehead atoms. The van der Waals surface area contributed by atoms with Crippen molar-refractivity contribution in [2.75, 3.05) is 0 Å². The molecule has 0 spiro atoms. The van der Waals surface area contributed by atoms with Gasteiger partial charge in [-0.25, -0.2) is 0 Å². The number of nitrogens with zero attached hydrogens (tertiary/aromatic N) is 2. The Kier molecular flexibility index (Phi) is 3.45. The quantitative estimate of drug-likeness (QED) is 0.901. The van der Waals surface area contributed by atoms with E-state index in [2.05, 4.69) is 20.8 Å². The smallest absolute Gasteiger partial charge is 0.261 e. The zero-order valence-electron chi connectivity index (χ0n) is 11.0. The number of carbonyl (C=O) groups is 1. The van der Waals surface area contributed by atoms with Crippen molar-refractivity contribution in [2.24, 2.45) is 0 Å². The summed E-state index contributed by atoms with van der Waals surface area (Å²) in [4.78, 5) is 14.0. The fourth-order valence-corrected chi connectivity index (χ4v) is 4.89. The van der Waals surface area contributed by atoms with Crippen LogP contribution < -0.4 is 10.6 Å². The van der Waals surface area contributed by atoms with Gasteiger partial charge in [-0.2, -0.15) is 0 Å². The highest BCUT2D eigenvalue weighted by Gasteiger charge is 2.39. The van der Waals surface area contributed by atoms with Gasteiger partial charge in [0.2, 0.25) is 4.47 Å². The summed E-state index contributed by atoms with van der Waals surface area (Å²) in [5.74, 6) is 0.00112. The van der Waals surface area contributed by atoms with E-state index < -0.39 is 0 Å². The van der Waals surface area contributed by atoms with Gasteiger partial charge >= 0.3 is 0 Å². The third-order valence-electron chi connectivity index (χ3n) is 4.06. The second-order valence-electron chi connectivity index (χ2n) is 5.39. The molecule has 0 saturated carbocycles. The van der Waals surface area contributed by atoms with Gasteiger partial charge in [0.05, 0.1) is 9.75 Å². The van der Waals surface area contributed by atoms with E-state index in [1.807, 2.05) is 12.1 Å². The van der Waals surface area contributed by atoms with Crippen molar-refractivity contribution >= 4 is 40.2 Å². The molecule has 110 valence electrons. The number of thiophene rings is 1. The number of nitrogens with one attached hydrogen (secondary N) is 2. The number of carbonyl (C=O) groups excluding carboxylic acids is 1. The normalized spacial score (nSPS) is 27.2. The molecule has 4 heterocycles. The Balaban J connectivity index is 1.46. The van der Waals surface area contributed by atoms with E-state index in [1.165, 1.54) is 29.1 Å². The third kappa shape index (κ3) is 2.59. The van der Waals surface area contributed by atoms with Crippen LogP contribution in [-0.4, -0.2) is 34.2 Å². The molecule has 2 aromatic rings. The molecular formula is C13H13ClN4OS2. The van der Waals surface area contributed by atoms with Crippen molar-refractivity contribution < 1.29 is 4.79 Å². The summed E-state index contributed by atoms with van der Waals surface area (Å²) in [6.45, 7) is 0. The molecule has 21 heavy (non-hydrogen) atoms. The standard InChI is InChI=1S/C13H13ClN4OS2/c14-13-18-17-12(21-13)10-4-3-9(20-10)11(19)16-8-5-6-1-2-7(8)15-6/h3-4,6-8,15H,1-2,5H2,(H,16,19)/t6-,7+,8-/m1/s1. The molecule has 2 saturated heterocycles. The summed E-state index contributed by atoms with van der Waals surface area (Å²) >= 11 is 8.54. The van der Waals surface area contributed by atoms with Crippen LogP contribution in [-0.2, 0) is 0 Å². The third-order valence-corrected chi connectivity index (χ3v) is 6.33. The first kappa shape index (κ1) is 13.6. The number of fused-ring (bicyclic) bond motifs is 2. The summed E-state index contributed by atoms with van der Waals surface area (Å²) in [7, 11) is 0. The second-order valence-corrected chi connectivity index (χ2v) is 8.03. The van der Waals surface area contributed by atoms with Gasteiger partial charge in [0.25, 0.3) is 5.91 Å². The van der Waals surface area contributed by atoms with Crippen molar-refractivity contribution in [2.45, 2.75) is 37.4 Å². The van der Waals surface area contributed by atoms with Gasteiger partial charge < -0.3 is 10.6 Å². The Morgan fingerprint density at radius 3 is 2.90 bits per heavy atom. The maximum atomic E-state index is 12.3. The van der Waals surface area contributed by atoms with Crippen LogP contribution in [0.2, 0.25) is 4.47 Å². The van der Waals surface area contributed by atoms with E-state index in [1.54, 1.807) is 0 Å². The molecule has 2 N–H and O–H groups in total. The zero-order valence-corrected chi connectivity index (χ0v) is 13.4. The van der Waals surface area contributed by atoms with Crippen LogP contribution in [0, 0.1) is 0 Å². The van der Waals surface area contributed by atoms with Crippen LogP contribution in [0.1, 0.15) is 28.9 Å². The van der Waals surface area contributed by atoms with Gasteiger partial charge in [0.1, 0.15) is 0 Å². The average molecular weight is 341 g/mol. The molecule has 3 atom stereocenters. The zero-order chi connectivity index (χ0) is 14.4. The van der Waals surface area contributed by atoms with Crippen molar-refractivity contribution in [1.29, 1.82) is 0 Å². The first-order valence-electron chi connectivity index (χ1n) is 6.85. The largest absolute Gasteiger partial charge is 0.347 e. The van der Waals surface area contributed by atoms with Crippen LogP contribution in [0.4, 0.5) is 0 Å². The lowest BCUT2D eigenvalue weighted by molar-refractivity contribution is 0.0935. The summed E-state index contributed by atoms with van der Waals surface area (Å²) in [6.07, 6.45) is 3.44. The molecule has 8 heteroatoms. The molecular weight excluding hydrogens is 328 g/mol. The molecule has 0 aliphatic carbocycles. The monoisotopic (exact) mass is 340 g/mol. The number of halogens is 1. The number of hydrogen-bond donors (Lipinski definition) is 2. The summed E-state index contributed by atoms with van der Waals surface area (Å²) in [5, 5.41) is 15.2. The Morgan fingerprint density at radius 1 is 1.33 bits per heavy atom. The maximum absolute atomic E-state index is 12.3. The van der Waals surface area contributed by atoms with Crippen molar-refractivity contribution in [3.8, 4) is 9.88 Å². The number of amides is 1.